The SMILES string of the molecule is C=c1/c(=C\C=C/C)c2c3ccc4c5ccccc5sc4c3ccc2n1-c1cccc2c1oc1ccccc12. The molecule has 3 aromatic heterocycles. The summed E-state index contributed by atoms with van der Waals surface area (Å²) in [6, 6.07) is 32.4. The maximum Gasteiger partial charge on any atom is 0.159 e. The van der Waals surface area contributed by atoms with Crippen LogP contribution in [0.1, 0.15) is 6.92 Å². The van der Waals surface area contributed by atoms with Gasteiger partial charge in [0.2, 0.25) is 0 Å². The summed E-state index contributed by atoms with van der Waals surface area (Å²) in [7, 11) is 0. The number of furan rings is 1. The summed E-state index contributed by atoms with van der Waals surface area (Å²) in [6.07, 6.45) is 6.36. The van der Waals surface area contributed by atoms with Gasteiger partial charge in [0.15, 0.2) is 5.58 Å². The molecule has 0 saturated heterocycles. The summed E-state index contributed by atoms with van der Waals surface area (Å²) < 4.78 is 11.4. The van der Waals surface area contributed by atoms with Gasteiger partial charge < -0.3 is 8.98 Å². The van der Waals surface area contributed by atoms with Crippen molar-refractivity contribution in [1.29, 1.82) is 0 Å². The van der Waals surface area contributed by atoms with Crippen LogP contribution in [0.3, 0.4) is 0 Å². The third kappa shape index (κ3) is 2.82. The van der Waals surface area contributed by atoms with Gasteiger partial charge in [0.25, 0.3) is 0 Å². The highest BCUT2D eigenvalue weighted by atomic mass is 32.1. The molecule has 0 fully saturated rings. The van der Waals surface area contributed by atoms with E-state index < -0.39 is 0 Å². The zero-order valence-electron chi connectivity index (χ0n) is 20.9. The predicted octanol–water partition coefficient (Wildman–Crippen LogP) is 8.82. The number of allylic oxidation sites excluding steroid dienone is 2. The minimum Gasteiger partial charge on any atom is -0.454 e. The van der Waals surface area contributed by atoms with E-state index in [4.69, 9.17) is 4.42 Å². The van der Waals surface area contributed by atoms with Crippen molar-refractivity contribution in [3.63, 3.8) is 0 Å². The molecule has 38 heavy (non-hydrogen) atoms. The van der Waals surface area contributed by atoms with Crippen LogP contribution in [0.4, 0.5) is 0 Å². The number of benzene rings is 5. The monoisotopic (exact) mass is 505 g/mol. The highest BCUT2D eigenvalue weighted by Crippen LogP contribution is 2.40. The van der Waals surface area contributed by atoms with Crippen molar-refractivity contribution < 1.29 is 4.42 Å². The van der Waals surface area contributed by atoms with Gasteiger partial charge in [-0.2, -0.15) is 0 Å². The van der Waals surface area contributed by atoms with E-state index >= 15 is 0 Å². The molecule has 0 radical (unpaired) electrons. The van der Waals surface area contributed by atoms with Crippen LogP contribution in [0.25, 0.3) is 82.1 Å². The summed E-state index contributed by atoms with van der Waals surface area (Å²) >= 11 is 1.87. The van der Waals surface area contributed by atoms with Gasteiger partial charge in [-0.3, -0.25) is 0 Å². The molecule has 0 unspecified atom stereocenters. The van der Waals surface area contributed by atoms with Crippen LogP contribution in [0.2, 0.25) is 0 Å². The van der Waals surface area contributed by atoms with Gasteiger partial charge in [-0.15, -0.1) is 11.3 Å². The first-order chi connectivity index (χ1) is 18.7. The first kappa shape index (κ1) is 21.5. The molecule has 0 saturated carbocycles. The lowest BCUT2D eigenvalue weighted by Gasteiger charge is -2.08. The third-order valence-corrected chi connectivity index (χ3v) is 8.91. The van der Waals surface area contributed by atoms with Crippen LogP contribution in [0.15, 0.2) is 108 Å². The average molecular weight is 506 g/mol. The average Bonchev–Trinajstić information content (AvgIpc) is 3.61. The Morgan fingerprint density at radius 1 is 0.737 bits per heavy atom. The van der Waals surface area contributed by atoms with Crippen molar-refractivity contribution in [2.75, 3.05) is 0 Å². The Balaban J connectivity index is 1.54. The second kappa shape index (κ2) is 7.95. The Morgan fingerprint density at radius 3 is 2.37 bits per heavy atom. The van der Waals surface area contributed by atoms with E-state index in [1.54, 1.807) is 0 Å². The van der Waals surface area contributed by atoms with E-state index in [9.17, 15) is 0 Å². The Morgan fingerprint density at radius 2 is 1.47 bits per heavy atom. The van der Waals surface area contributed by atoms with Crippen molar-refractivity contribution in [2.45, 2.75) is 6.92 Å². The number of fused-ring (bicyclic) bond motifs is 10. The number of nitrogens with zero attached hydrogens (tertiary/aromatic N) is 1. The molecule has 0 amide bonds. The lowest BCUT2D eigenvalue weighted by Crippen LogP contribution is -2.26. The predicted molar refractivity (Wildman–Crippen MR) is 165 cm³/mol. The van der Waals surface area contributed by atoms with Gasteiger partial charge in [0.1, 0.15) is 5.58 Å². The van der Waals surface area contributed by atoms with Crippen LogP contribution in [-0.2, 0) is 0 Å². The lowest BCUT2D eigenvalue weighted by molar-refractivity contribution is 0.665. The molecule has 0 spiro atoms. The fourth-order valence-electron chi connectivity index (χ4n) is 6.01. The fraction of sp³-hybridized carbons (Fsp3) is 0.0286. The van der Waals surface area contributed by atoms with Gasteiger partial charge in [-0.1, -0.05) is 91.5 Å². The molecule has 0 aliphatic rings. The van der Waals surface area contributed by atoms with E-state index in [1.165, 1.54) is 36.3 Å². The van der Waals surface area contributed by atoms with Gasteiger partial charge in [0, 0.05) is 52.3 Å². The smallest absolute Gasteiger partial charge is 0.159 e. The van der Waals surface area contributed by atoms with Crippen molar-refractivity contribution in [1.82, 2.24) is 4.57 Å². The molecule has 180 valence electrons. The molecule has 2 nitrogen and oxygen atoms in total. The molecule has 0 aliphatic carbocycles. The van der Waals surface area contributed by atoms with E-state index in [1.807, 2.05) is 30.4 Å². The summed E-state index contributed by atoms with van der Waals surface area (Å²) in [4.78, 5) is 0. The Kier molecular flexibility index (Phi) is 4.49. The van der Waals surface area contributed by atoms with E-state index in [0.29, 0.717) is 0 Å². The summed E-state index contributed by atoms with van der Waals surface area (Å²) in [5.41, 5.74) is 3.92. The molecule has 0 atom stereocenters. The largest absolute Gasteiger partial charge is 0.454 e. The quantitative estimate of drug-likeness (QED) is 0.230. The Bertz CT molecular complexity index is 2380. The number of hydrogen-bond acceptors (Lipinski definition) is 2. The van der Waals surface area contributed by atoms with E-state index in [2.05, 4.69) is 108 Å². The fourth-order valence-corrected chi connectivity index (χ4v) is 7.24. The summed E-state index contributed by atoms with van der Waals surface area (Å²) in [5.74, 6) is 0. The number of rotatable bonds is 2. The molecule has 8 aromatic rings. The molecule has 5 aromatic carbocycles. The van der Waals surface area contributed by atoms with Crippen molar-refractivity contribution in [3.05, 3.63) is 114 Å². The topological polar surface area (TPSA) is 18.1 Å². The number of aromatic nitrogens is 1. The number of para-hydroxylation sites is 2. The zero-order valence-corrected chi connectivity index (χ0v) is 21.7. The standard InChI is InChI=1S/C35H23NOS/c1-3-4-10-22-21(2)36(30-14-9-13-26-23-11-5-7-15-31(23)37-34(26)30)29-20-19-28-25(33(22)29)17-18-27-24-12-6-8-16-32(24)38-35(27)28/h3-20H,2H2,1H3/b4-3-,22-10+. The number of hydrogen-bond donors (Lipinski definition) is 0. The van der Waals surface area contributed by atoms with Gasteiger partial charge in [-0.25, -0.2) is 0 Å². The second-order valence-corrected chi connectivity index (χ2v) is 10.8. The third-order valence-electron chi connectivity index (χ3n) is 7.69. The van der Waals surface area contributed by atoms with Crippen LogP contribution in [0, 0.1) is 0 Å². The van der Waals surface area contributed by atoms with Crippen molar-refractivity contribution in [3.8, 4) is 5.69 Å². The van der Waals surface area contributed by atoms with Crippen molar-refractivity contribution >= 4 is 87.8 Å². The molecule has 8 rings (SSSR count). The van der Waals surface area contributed by atoms with Crippen LogP contribution in [0.5, 0.6) is 0 Å². The Hall–Kier alpha value is -4.60. The van der Waals surface area contributed by atoms with Crippen molar-refractivity contribution in [2.24, 2.45) is 0 Å². The first-order valence-electron chi connectivity index (χ1n) is 12.8. The van der Waals surface area contributed by atoms with E-state index in [-0.39, 0.29) is 0 Å². The number of thiophene rings is 1. The summed E-state index contributed by atoms with van der Waals surface area (Å²) in [5, 5.41) is 10.7. The lowest BCUT2D eigenvalue weighted by atomic mass is 10.0. The van der Waals surface area contributed by atoms with E-state index in [0.717, 1.165) is 43.7 Å². The minimum atomic E-state index is 0.883. The minimum absolute atomic E-state index is 0.883. The molecule has 3 heterocycles. The van der Waals surface area contributed by atoms with Gasteiger partial charge >= 0.3 is 0 Å². The maximum absolute atomic E-state index is 6.44. The van der Waals surface area contributed by atoms with Gasteiger partial charge in [-0.05, 0) is 36.6 Å². The highest BCUT2D eigenvalue weighted by Gasteiger charge is 2.18. The molecule has 0 N–H and O–H groups in total. The van der Waals surface area contributed by atoms with Gasteiger partial charge in [0.05, 0.1) is 11.2 Å². The maximum atomic E-state index is 6.44. The Labute approximate surface area is 222 Å². The molecular weight excluding hydrogens is 482 g/mol. The first-order valence-corrected chi connectivity index (χ1v) is 13.7. The van der Waals surface area contributed by atoms with Crippen LogP contribution in [-0.4, -0.2) is 4.57 Å². The second-order valence-electron chi connectivity index (χ2n) is 9.74. The normalized spacial score (nSPS) is 13.0. The zero-order chi connectivity index (χ0) is 25.4. The van der Waals surface area contributed by atoms with Crippen LogP contribution >= 0.6 is 11.3 Å². The highest BCUT2D eigenvalue weighted by molar-refractivity contribution is 7.26. The molecule has 0 bridgehead atoms. The molecular formula is C35H23NOS. The molecule has 3 heteroatoms. The molecule has 0 aliphatic heterocycles. The van der Waals surface area contributed by atoms with Crippen LogP contribution < -0.4 is 10.6 Å². The summed E-state index contributed by atoms with van der Waals surface area (Å²) in [6.45, 7) is 6.66.